The Hall–Kier alpha value is -1.65. The first-order valence-corrected chi connectivity index (χ1v) is 6.60. The summed E-state index contributed by atoms with van der Waals surface area (Å²) in [7, 11) is 0. The van der Waals surface area contributed by atoms with E-state index in [-0.39, 0.29) is 0 Å². The van der Waals surface area contributed by atoms with Crippen molar-refractivity contribution in [3.05, 3.63) is 54.1 Å². The quantitative estimate of drug-likeness (QED) is 0.830. The second kappa shape index (κ2) is 7.07. The molecule has 1 heterocycles. The zero-order chi connectivity index (χ0) is 13.5. The Labute approximate surface area is 114 Å². The van der Waals surface area contributed by atoms with Crippen molar-refractivity contribution < 1.29 is 4.74 Å². The van der Waals surface area contributed by atoms with Crippen LogP contribution < -0.4 is 5.32 Å². The minimum Gasteiger partial charge on any atom is -0.356 e. The number of aromatic nitrogens is 2. The SMILES string of the molecule is CC(C)NCc1cn(COCc2ccccc2)cn1. The second-order valence-corrected chi connectivity index (χ2v) is 4.88. The van der Waals surface area contributed by atoms with Crippen molar-refractivity contribution >= 4 is 0 Å². The van der Waals surface area contributed by atoms with Gasteiger partial charge in [-0.15, -0.1) is 0 Å². The fourth-order valence-electron chi connectivity index (χ4n) is 1.72. The van der Waals surface area contributed by atoms with Crippen molar-refractivity contribution in [1.82, 2.24) is 14.9 Å². The van der Waals surface area contributed by atoms with Crippen LogP contribution in [0.5, 0.6) is 0 Å². The molecule has 0 bridgehead atoms. The monoisotopic (exact) mass is 259 g/mol. The number of nitrogens with zero attached hydrogens (tertiary/aromatic N) is 2. The lowest BCUT2D eigenvalue weighted by molar-refractivity contribution is 0.0639. The highest BCUT2D eigenvalue weighted by molar-refractivity contribution is 5.13. The Morgan fingerprint density at radius 3 is 2.79 bits per heavy atom. The van der Waals surface area contributed by atoms with Crippen molar-refractivity contribution in [3.63, 3.8) is 0 Å². The van der Waals surface area contributed by atoms with Gasteiger partial charge < -0.3 is 14.6 Å². The average molecular weight is 259 g/mol. The zero-order valence-electron chi connectivity index (χ0n) is 11.5. The molecule has 1 aromatic heterocycles. The fourth-order valence-corrected chi connectivity index (χ4v) is 1.72. The van der Waals surface area contributed by atoms with Crippen molar-refractivity contribution in [2.24, 2.45) is 0 Å². The largest absolute Gasteiger partial charge is 0.356 e. The summed E-state index contributed by atoms with van der Waals surface area (Å²) >= 11 is 0. The summed E-state index contributed by atoms with van der Waals surface area (Å²) in [6.45, 7) is 6.20. The average Bonchev–Trinajstić information content (AvgIpc) is 2.86. The maximum Gasteiger partial charge on any atom is 0.124 e. The van der Waals surface area contributed by atoms with E-state index in [4.69, 9.17) is 4.74 Å². The molecule has 2 rings (SSSR count). The van der Waals surface area contributed by atoms with E-state index in [0.29, 0.717) is 19.4 Å². The second-order valence-electron chi connectivity index (χ2n) is 4.88. The van der Waals surface area contributed by atoms with Gasteiger partial charge in [0, 0.05) is 18.8 Å². The van der Waals surface area contributed by atoms with Gasteiger partial charge in [-0.05, 0) is 5.56 Å². The number of benzene rings is 1. The van der Waals surface area contributed by atoms with E-state index >= 15 is 0 Å². The first-order chi connectivity index (χ1) is 9.24. The Balaban J connectivity index is 1.74. The van der Waals surface area contributed by atoms with Crippen LogP contribution in [0.4, 0.5) is 0 Å². The summed E-state index contributed by atoms with van der Waals surface area (Å²) in [4.78, 5) is 4.33. The third kappa shape index (κ3) is 4.85. The Kier molecular flexibility index (Phi) is 5.12. The number of nitrogens with one attached hydrogen (secondary N) is 1. The van der Waals surface area contributed by atoms with Gasteiger partial charge in [0.2, 0.25) is 0 Å². The highest BCUT2D eigenvalue weighted by Gasteiger charge is 2.00. The van der Waals surface area contributed by atoms with E-state index in [9.17, 15) is 0 Å². The van der Waals surface area contributed by atoms with Crippen molar-refractivity contribution in [1.29, 1.82) is 0 Å². The van der Waals surface area contributed by atoms with E-state index in [1.165, 1.54) is 5.56 Å². The lowest BCUT2D eigenvalue weighted by atomic mass is 10.2. The number of hydrogen-bond acceptors (Lipinski definition) is 3. The molecule has 0 saturated heterocycles. The Bertz CT molecular complexity index is 479. The van der Waals surface area contributed by atoms with E-state index < -0.39 is 0 Å². The van der Waals surface area contributed by atoms with Crippen LogP contribution in [-0.4, -0.2) is 15.6 Å². The number of rotatable bonds is 7. The molecule has 102 valence electrons. The normalized spacial score (nSPS) is 11.1. The summed E-state index contributed by atoms with van der Waals surface area (Å²) in [5.74, 6) is 0. The molecule has 19 heavy (non-hydrogen) atoms. The standard InChI is InChI=1S/C15H21N3O/c1-13(2)16-8-15-9-18(11-17-15)12-19-10-14-6-4-3-5-7-14/h3-7,9,11,13,16H,8,10,12H2,1-2H3. The van der Waals surface area contributed by atoms with E-state index in [0.717, 1.165) is 12.2 Å². The molecule has 1 N–H and O–H groups in total. The molecule has 0 radical (unpaired) electrons. The van der Waals surface area contributed by atoms with Crippen LogP contribution in [0.3, 0.4) is 0 Å². The molecule has 0 amide bonds. The minimum atomic E-state index is 0.472. The molecule has 0 spiro atoms. The first kappa shape index (κ1) is 13.8. The summed E-state index contributed by atoms with van der Waals surface area (Å²) in [6.07, 6.45) is 3.82. The van der Waals surface area contributed by atoms with Crippen molar-refractivity contribution in [3.8, 4) is 0 Å². The third-order valence-electron chi connectivity index (χ3n) is 2.73. The smallest absolute Gasteiger partial charge is 0.124 e. The molecular weight excluding hydrogens is 238 g/mol. The summed E-state index contributed by atoms with van der Waals surface area (Å²) in [6, 6.07) is 10.6. The summed E-state index contributed by atoms with van der Waals surface area (Å²) in [5.41, 5.74) is 2.22. The predicted octanol–water partition coefficient (Wildman–Crippen LogP) is 2.56. The van der Waals surface area contributed by atoms with Gasteiger partial charge in [0.25, 0.3) is 0 Å². The molecule has 4 nitrogen and oxygen atoms in total. The van der Waals surface area contributed by atoms with E-state index in [1.54, 1.807) is 0 Å². The molecule has 0 aliphatic rings. The fraction of sp³-hybridized carbons (Fsp3) is 0.400. The molecule has 1 aromatic carbocycles. The van der Waals surface area contributed by atoms with Gasteiger partial charge in [-0.2, -0.15) is 0 Å². The van der Waals surface area contributed by atoms with Gasteiger partial charge in [0.05, 0.1) is 18.6 Å². The Morgan fingerprint density at radius 1 is 1.26 bits per heavy atom. The highest BCUT2D eigenvalue weighted by Crippen LogP contribution is 2.02. The molecular formula is C15H21N3O. The van der Waals surface area contributed by atoms with Crippen molar-refractivity contribution in [2.75, 3.05) is 0 Å². The summed E-state index contributed by atoms with van der Waals surface area (Å²) in [5, 5.41) is 3.34. The summed E-state index contributed by atoms with van der Waals surface area (Å²) < 4.78 is 7.61. The molecule has 0 unspecified atom stereocenters. The van der Waals surface area contributed by atoms with Gasteiger partial charge in [-0.3, -0.25) is 0 Å². The van der Waals surface area contributed by atoms with Crippen LogP contribution in [-0.2, 0) is 24.6 Å². The van der Waals surface area contributed by atoms with Gasteiger partial charge >= 0.3 is 0 Å². The van der Waals surface area contributed by atoms with E-state index in [1.807, 2.05) is 35.3 Å². The molecule has 0 saturated carbocycles. The lowest BCUT2D eigenvalue weighted by Gasteiger charge is -2.06. The predicted molar refractivity (Wildman–Crippen MR) is 75.4 cm³/mol. The van der Waals surface area contributed by atoms with Gasteiger partial charge in [0.1, 0.15) is 6.73 Å². The van der Waals surface area contributed by atoms with Gasteiger partial charge in [-0.25, -0.2) is 4.98 Å². The van der Waals surface area contributed by atoms with Gasteiger partial charge in [-0.1, -0.05) is 44.2 Å². The van der Waals surface area contributed by atoms with Crippen LogP contribution in [0.1, 0.15) is 25.1 Å². The zero-order valence-corrected chi connectivity index (χ0v) is 11.5. The molecule has 0 atom stereocenters. The van der Waals surface area contributed by atoms with Crippen LogP contribution in [0, 0.1) is 0 Å². The molecule has 4 heteroatoms. The van der Waals surface area contributed by atoms with Crippen LogP contribution >= 0.6 is 0 Å². The van der Waals surface area contributed by atoms with Crippen LogP contribution in [0.2, 0.25) is 0 Å². The highest BCUT2D eigenvalue weighted by atomic mass is 16.5. The minimum absolute atomic E-state index is 0.472. The van der Waals surface area contributed by atoms with Crippen molar-refractivity contribution in [2.45, 2.75) is 39.8 Å². The van der Waals surface area contributed by atoms with Crippen LogP contribution in [0.25, 0.3) is 0 Å². The third-order valence-corrected chi connectivity index (χ3v) is 2.73. The van der Waals surface area contributed by atoms with Crippen LogP contribution in [0.15, 0.2) is 42.9 Å². The topological polar surface area (TPSA) is 39.1 Å². The first-order valence-electron chi connectivity index (χ1n) is 6.60. The van der Waals surface area contributed by atoms with E-state index in [2.05, 4.69) is 36.3 Å². The molecule has 0 fully saturated rings. The maximum absolute atomic E-state index is 5.65. The number of hydrogen-bond donors (Lipinski definition) is 1. The number of ether oxygens (including phenoxy) is 1. The Morgan fingerprint density at radius 2 is 2.05 bits per heavy atom. The van der Waals surface area contributed by atoms with Gasteiger partial charge in [0.15, 0.2) is 0 Å². The molecule has 0 aliphatic heterocycles. The molecule has 2 aromatic rings. The lowest BCUT2D eigenvalue weighted by Crippen LogP contribution is -2.21. The maximum atomic E-state index is 5.65. The number of imidazole rings is 1. The molecule has 0 aliphatic carbocycles.